The van der Waals surface area contributed by atoms with E-state index in [2.05, 4.69) is 26.1 Å². The third-order valence-electron chi connectivity index (χ3n) is 1.90. The monoisotopic (exact) mass is 315 g/mol. The maximum absolute atomic E-state index is 8.76. The largest absolute Gasteiger partial charge is 0.264 e. The second kappa shape index (κ2) is 3.98. The molecule has 0 spiro atoms. The van der Waals surface area contributed by atoms with Crippen LogP contribution < -0.4 is 0 Å². The van der Waals surface area contributed by atoms with Crippen LogP contribution in [0.15, 0.2) is 10.8 Å². The van der Waals surface area contributed by atoms with Crippen LogP contribution in [0.5, 0.6) is 0 Å². The molecule has 0 aliphatic carbocycles. The number of nitrogens with zero attached hydrogens (tertiary/aromatic N) is 5. The van der Waals surface area contributed by atoms with Gasteiger partial charge in [-0.25, -0.2) is 4.63 Å². The van der Waals surface area contributed by atoms with E-state index in [0.717, 1.165) is 11.4 Å². The molecule has 15 heavy (non-hydrogen) atoms. The van der Waals surface area contributed by atoms with Gasteiger partial charge in [-0.3, -0.25) is 4.68 Å². The second-order valence-corrected chi connectivity index (χ2v) is 3.96. The molecule has 76 valence electrons. The molecule has 0 fully saturated rings. The number of halogens is 1. The van der Waals surface area contributed by atoms with Gasteiger partial charge in [0.2, 0.25) is 0 Å². The minimum absolute atomic E-state index is 0.465. The maximum atomic E-state index is 8.76. The Labute approximate surface area is 99.0 Å². The lowest BCUT2D eigenvalue weighted by atomic mass is 10.3. The van der Waals surface area contributed by atoms with Crippen LogP contribution in [0.4, 0.5) is 0 Å². The molecule has 0 bridgehead atoms. The highest BCUT2D eigenvalue weighted by Crippen LogP contribution is 2.10. The van der Waals surface area contributed by atoms with Crippen LogP contribution in [0.1, 0.15) is 17.0 Å². The number of aryl methyl sites for hydroxylation is 1. The average Bonchev–Trinajstić information content (AvgIpc) is 2.75. The van der Waals surface area contributed by atoms with Gasteiger partial charge in [-0.15, -0.1) is 0 Å². The highest BCUT2D eigenvalue weighted by atomic mass is 127. The van der Waals surface area contributed by atoms with E-state index in [0.29, 0.717) is 15.8 Å². The van der Waals surface area contributed by atoms with E-state index in [1.807, 2.05) is 29.5 Å². The average molecular weight is 315 g/mol. The molecule has 0 aliphatic rings. The molecule has 0 aromatic carbocycles. The molecule has 6 nitrogen and oxygen atoms in total. The predicted molar refractivity (Wildman–Crippen MR) is 57.8 cm³/mol. The van der Waals surface area contributed by atoms with E-state index in [-0.39, 0.29) is 0 Å². The van der Waals surface area contributed by atoms with Crippen molar-refractivity contribution >= 4 is 22.6 Å². The molecular weight excluding hydrogens is 309 g/mol. The van der Waals surface area contributed by atoms with Crippen molar-refractivity contribution in [1.29, 1.82) is 5.26 Å². The number of rotatable bonds is 2. The fourth-order valence-electron chi connectivity index (χ4n) is 1.10. The normalized spacial score (nSPS) is 10.2. The molecule has 7 heteroatoms. The summed E-state index contributed by atoms with van der Waals surface area (Å²) >= 11 is 2.02. The Kier molecular flexibility index (Phi) is 2.68. The molecule has 0 radical (unpaired) electrons. The van der Waals surface area contributed by atoms with E-state index in [1.165, 1.54) is 0 Å². The quantitative estimate of drug-likeness (QED) is 0.775. The van der Waals surface area contributed by atoms with Gasteiger partial charge in [-0.2, -0.15) is 10.4 Å². The standard InChI is InChI=1S/C8H6IN5O/c1-5-7(13-15-12-5)4-14-3-6(2-10)8(9)11-14/h3H,4H2,1H3. The zero-order valence-corrected chi connectivity index (χ0v) is 9.96. The van der Waals surface area contributed by atoms with Gasteiger partial charge in [0.15, 0.2) is 0 Å². The summed E-state index contributed by atoms with van der Waals surface area (Å²) in [4.78, 5) is 0. The molecule has 0 saturated carbocycles. The number of hydrogen-bond donors (Lipinski definition) is 0. The zero-order chi connectivity index (χ0) is 10.8. The number of nitriles is 1. The van der Waals surface area contributed by atoms with Crippen LogP contribution in [0.25, 0.3) is 0 Å². The molecule has 2 heterocycles. The fourth-order valence-corrected chi connectivity index (χ4v) is 1.64. The van der Waals surface area contributed by atoms with Gasteiger partial charge in [0.05, 0.1) is 6.54 Å². The Hall–Kier alpha value is -1.43. The lowest BCUT2D eigenvalue weighted by molar-refractivity contribution is 0.300. The van der Waals surface area contributed by atoms with Gasteiger partial charge in [-0.1, -0.05) is 10.3 Å². The third kappa shape index (κ3) is 1.99. The summed E-state index contributed by atoms with van der Waals surface area (Å²) in [5, 5.41) is 20.3. The lowest BCUT2D eigenvalue weighted by Gasteiger charge is -1.95. The van der Waals surface area contributed by atoms with Crippen molar-refractivity contribution in [3.63, 3.8) is 0 Å². The molecule has 2 aromatic heterocycles. The molecule has 0 aliphatic heterocycles. The summed E-state index contributed by atoms with van der Waals surface area (Å²) in [5.74, 6) is 0. The topological polar surface area (TPSA) is 80.5 Å². The summed E-state index contributed by atoms with van der Waals surface area (Å²) in [7, 11) is 0. The second-order valence-electron chi connectivity index (χ2n) is 2.94. The Morgan fingerprint density at radius 3 is 2.93 bits per heavy atom. The summed E-state index contributed by atoms with van der Waals surface area (Å²) in [5.41, 5.74) is 2.02. The van der Waals surface area contributed by atoms with Crippen molar-refractivity contribution in [2.24, 2.45) is 0 Å². The van der Waals surface area contributed by atoms with Crippen molar-refractivity contribution in [3.05, 3.63) is 26.8 Å². The van der Waals surface area contributed by atoms with Crippen molar-refractivity contribution in [3.8, 4) is 6.07 Å². The van der Waals surface area contributed by atoms with Crippen LogP contribution in [0.3, 0.4) is 0 Å². The smallest absolute Gasteiger partial charge is 0.141 e. The predicted octanol–water partition coefficient (Wildman–Crippen LogP) is 1.10. The first-order valence-electron chi connectivity index (χ1n) is 4.12. The Morgan fingerprint density at radius 2 is 2.40 bits per heavy atom. The minimum Gasteiger partial charge on any atom is -0.264 e. The van der Waals surface area contributed by atoms with Crippen LogP contribution in [-0.2, 0) is 6.54 Å². The molecule has 0 unspecified atom stereocenters. The number of aromatic nitrogens is 4. The van der Waals surface area contributed by atoms with E-state index in [4.69, 9.17) is 5.26 Å². The Bertz CT molecular complexity index is 523. The van der Waals surface area contributed by atoms with E-state index in [1.54, 1.807) is 10.9 Å². The summed E-state index contributed by atoms with van der Waals surface area (Å²) < 4.78 is 6.90. The van der Waals surface area contributed by atoms with E-state index >= 15 is 0 Å². The zero-order valence-electron chi connectivity index (χ0n) is 7.81. The number of hydrogen-bond acceptors (Lipinski definition) is 5. The molecule has 0 atom stereocenters. The van der Waals surface area contributed by atoms with Gasteiger partial charge in [0, 0.05) is 6.20 Å². The molecule has 2 aromatic rings. The summed E-state index contributed by atoms with van der Waals surface area (Å²) in [6, 6.07) is 2.06. The molecule has 2 rings (SSSR count). The van der Waals surface area contributed by atoms with E-state index in [9.17, 15) is 0 Å². The summed E-state index contributed by atoms with van der Waals surface area (Å²) in [6.45, 7) is 2.28. The molecule has 0 N–H and O–H groups in total. The highest BCUT2D eigenvalue weighted by molar-refractivity contribution is 14.1. The van der Waals surface area contributed by atoms with Gasteiger partial charge in [0.25, 0.3) is 0 Å². The first kappa shape index (κ1) is 10.1. The first-order chi connectivity index (χ1) is 7.20. The maximum Gasteiger partial charge on any atom is 0.141 e. The van der Waals surface area contributed by atoms with Gasteiger partial charge in [0.1, 0.15) is 26.7 Å². The molecule has 0 saturated heterocycles. The van der Waals surface area contributed by atoms with Crippen molar-refractivity contribution in [2.45, 2.75) is 13.5 Å². The van der Waals surface area contributed by atoms with Gasteiger partial charge in [-0.05, 0) is 29.5 Å². The van der Waals surface area contributed by atoms with Crippen LogP contribution in [0, 0.1) is 22.0 Å². The Morgan fingerprint density at radius 1 is 1.60 bits per heavy atom. The molecular formula is C8H6IN5O. The van der Waals surface area contributed by atoms with Gasteiger partial charge < -0.3 is 0 Å². The Balaban J connectivity index is 2.26. The van der Waals surface area contributed by atoms with Crippen LogP contribution >= 0.6 is 22.6 Å². The van der Waals surface area contributed by atoms with Crippen molar-refractivity contribution < 1.29 is 4.63 Å². The first-order valence-corrected chi connectivity index (χ1v) is 5.19. The SMILES string of the molecule is Cc1nonc1Cn1cc(C#N)c(I)n1. The van der Waals surface area contributed by atoms with E-state index < -0.39 is 0 Å². The summed E-state index contributed by atoms with van der Waals surface area (Å²) in [6.07, 6.45) is 1.68. The minimum atomic E-state index is 0.465. The van der Waals surface area contributed by atoms with Gasteiger partial charge >= 0.3 is 0 Å². The molecule has 0 amide bonds. The highest BCUT2D eigenvalue weighted by Gasteiger charge is 2.09. The van der Waals surface area contributed by atoms with Crippen molar-refractivity contribution in [2.75, 3.05) is 0 Å². The van der Waals surface area contributed by atoms with Crippen molar-refractivity contribution in [1.82, 2.24) is 20.1 Å². The van der Waals surface area contributed by atoms with Crippen LogP contribution in [-0.4, -0.2) is 20.1 Å². The van der Waals surface area contributed by atoms with Crippen LogP contribution in [0.2, 0.25) is 0 Å². The third-order valence-corrected chi connectivity index (χ3v) is 2.69. The lowest BCUT2D eigenvalue weighted by Crippen LogP contribution is -2.02. The fraction of sp³-hybridized carbons (Fsp3) is 0.250.